The number of hydrogen-bond donors (Lipinski definition) is 3. The molecule has 3 N–H and O–H groups in total. The highest BCUT2D eigenvalue weighted by molar-refractivity contribution is 7.93. The lowest BCUT2D eigenvalue weighted by Crippen LogP contribution is -2.15. The van der Waals surface area contributed by atoms with Gasteiger partial charge in [-0.3, -0.25) is 20.3 Å². The summed E-state index contributed by atoms with van der Waals surface area (Å²) in [6.07, 6.45) is 1.57. The van der Waals surface area contributed by atoms with E-state index in [1.54, 1.807) is 24.4 Å². The van der Waals surface area contributed by atoms with Gasteiger partial charge in [0.2, 0.25) is 0 Å². The van der Waals surface area contributed by atoms with Crippen LogP contribution in [0, 0.1) is 17.0 Å². The fraction of sp³-hybridized carbons (Fsp3) is 0.0870. The van der Waals surface area contributed by atoms with Crippen molar-refractivity contribution in [3.8, 4) is 5.75 Å². The van der Waals surface area contributed by atoms with Crippen molar-refractivity contribution in [1.82, 2.24) is 4.98 Å². The van der Waals surface area contributed by atoms with Gasteiger partial charge in [-0.25, -0.2) is 8.42 Å². The number of hydrogen-bond acceptors (Lipinski definition) is 7. The third kappa shape index (κ3) is 4.55. The highest BCUT2D eigenvalue weighted by Crippen LogP contribution is 2.31. The summed E-state index contributed by atoms with van der Waals surface area (Å²) in [7, 11) is -2.83. The first-order valence-electron chi connectivity index (χ1n) is 10.1. The number of nitro groups is 1. The zero-order valence-corrected chi connectivity index (χ0v) is 19.1. The number of benzene rings is 3. The highest BCUT2D eigenvalue weighted by atomic mass is 32.2. The summed E-state index contributed by atoms with van der Waals surface area (Å²) in [5.74, 6) is 0.304. The molecule has 0 aliphatic heterocycles. The molecule has 11 heteroatoms. The summed E-state index contributed by atoms with van der Waals surface area (Å²) < 4.78 is 34.0. The van der Waals surface area contributed by atoms with Crippen molar-refractivity contribution in [3.05, 3.63) is 88.1 Å². The molecule has 0 bridgehead atoms. The van der Waals surface area contributed by atoms with Crippen LogP contribution in [0.25, 0.3) is 10.9 Å². The van der Waals surface area contributed by atoms with E-state index in [1.807, 2.05) is 31.2 Å². The molecule has 0 aliphatic carbocycles. The van der Waals surface area contributed by atoms with E-state index in [0.717, 1.165) is 28.2 Å². The molecule has 0 radical (unpaired) electrons. The summed E-state index contributed by atoms with van der Waals surface area (Å²) in [6.45, 7) is 1.90. The van der Waals surface area contributed by atoms with Gasteiger partial charge in [-0.2, -0.15) is 5.10 Å². The fourth-order valence-electron chi connectivity index (χ4n) is 3.50. The predicted octanol–water partition coefficient (Wildman–Crippen LogP) is 4.64. The molecule has 1 aromatic heterocycles. The maximum absolute atomic E-state index is 13.2. The lowest BCUT2D eigenvalue weighted by atomic mass is 10.1. The van der Waals surface area contributed by atoms with E-state index in [1.165, 1.54) is 25.3 Å². The van der Waals surface area contributed by atoms with E-state index in [-0.39, 0.29) is 22.0 Å². The van der Waals surface area contributed by atoms with Crippen LogP contribution in [0.4, 0.5) is 17.1 Å². The lowest BCUT2D eigenvalue weighted by molar-refractivity contribution is -0.385. The zero-order valence-electron chi connectivity index (χ0n) is 18.3. The third-order valence-corrected chi connectivity index (χ3v) is 6.54. The van der Waals surface area contributed by atoms with Crippen LogP contribution < -0.4 is 14.9 Å². The molecule has 0 spiro atoms. The maximum Gasteiger partial charge on any atom is 0.270 e. The van der Waals surface area contributed by atoms with Gasteiger partial charge in [0.05, 0.1) is 29.6 Å². The predicted molar refractivity (Wildman–Crippen MR) is 131 cm³/mol. The first kappa shape index (κ1) is 22.8. The van der Waals surface area contributed by atoms with Gasteiger partial charge in [0.15, 0.2) is 0 Å². The normalized spacial score (nSPS) is 11.6. The highest BCUT2D eigenvalue weighted by Gasteiger charge is 2.23. The van der Waals surface area contributed by atoms with Crippen molar-refractivity contribution >= 4 is 44.2 Å². The molecule has 0 aliphatic rings. The van der Waals surface area contributed by atoms with Crippen LogP contribution >= 0.6 is 0 Å². The van der Waals surface area contributed by atoms with Gasteiger partial charge in [0.1, 0.15) is 10.6 Å². The molecular formula is C23H21N5O5S. The first-order chi connectivity index (χ1) is 16.3. The van der Waals surface area contributed by atoms with Gasteiger partial charge < -0.3 is 9.72 Å². The van der Waals surface area contributed by atoms with Gasteiger partial charge in [-0.15, -0.1) is 0 Å². The molecule has 4 rings (SSSR count). The quantitative estimate of drug-likeness (QED) is 0.191. The van der Waals surface area contributed by atoms with E-state index < -0.39 is 14.9 Å². The number of hydrazone groups is 1. The molecule has 0 fully saturated rings. The third-order valence-electron chi connectivity index (χ3n) is 5.14. The standard InChI is InChI=1S/C23H21N5O5S/c1-15-18(17-7-3-4-8-19(17)25-15)14-24-26-21-12-11-16(28(29)30)13-23(21)34(31,32)27-20-9-5-6-10-22(20)33-2/h3-14,25-27H,1-2H3. The second-order valence-electron chi connectivity index (χ2n) is 7.32. The van der Waals surface area contributed by atoms with Crippen LogP contribution in [0.5, 0.6) is 5.75 Å². The van der Waals surface area contributed by atoms with Crippen LogP contribution in [0.15, 0.2) is 76.7 Å². The molecule has 1 heterocycles. The number of nitro benzene ring substituents is 1. The molecule has 4 aromatic rings. The Kier molecular flexibility index (Phi) is 6.19. The SMILES string of the molecule is COc1ccccc1NS(=O)(=O)c1cc([N+](=O)[O-])ccc1NN=Cc1c(C)[nH]c2ccccc12. The fourth-order valence-corrected chi connectivity index (χ4v) is 4.75. The number of non-ortho nitro benzene ring substituents is 1. The second-order valence-corrected chi connectivity index (χ2v) is 8.97. The number of fused-ring (bicyclic) bond motifs is 1. The molecule has 0 unspecified atom stereocenters. The average molecular weight is 480 g/mol. The van der Waals surface area contributed by atoms with E-state index >= 15 is 0 Å². The Balaban J connectivity index is 1.70. The van der Waals surface area contributed by atoms with Crippen LogP contribution in [0.1, 0.15) is 11.3 Å². The monoisotopic (exact) mass is 479 g/mol. The Hall–Kier alpha value is -4.38. The number of anilines is 2. The van der Waals surface area contributed by atoms with Gasteiger partial charge in [0.25, 0.3) is 15.7 Å². The van der Waals surface area contributed by atoms with E-state index in [0.29, 0.717) is 5.75 Å². The van der Waals surface area contributed by atoms with Crippen molar-refractivity contribution in [2.45, 2.75) is 11.8 Å². The first-order valence-corrected chi connectivity index (χ1v) is 11.6. The number of aromatic nitrogens is 1. The molecule has 3 aromatic carbocycles. The Morgan fingerprint density at radius 2 is 1.79 bits per heavy atom. The lowest BCUT2D eigenvalue weighted by Gasteiger charge is -2.14. The molecular weight excluding hydrogens is 458 g/mol. The summed E-state index contributed by atoms with van der Waals surface area (Å²) in [4.78, 5) is 13.6. The minimum Gasteiger partial charge on any atom is -0.495 e. The Bertz CT molecular complexity index is 1510. The number of sulfonamides is 1. The molecule has 34 heavy (non-hydrogen) atoms. The van der Waals surface area contributed by atoms with Gasteiger partial charge in [-0.1, -0.05) is 30.3 Å². The van der Waals surface area contributed by atoms with Crippen molar-refractivity contribution < 1.29 is 18.1 Å². The van der Waals surface area contributed by atoms with Crippen LogP contribution in [-0.2, 0) is 10.0 Å². The number of para-hydroxylation sites is 3. The topological polar surface area (TPSA) is 139 Å². The minimum absolute atomic E-state index is 0.0711. The number of aryl methyl sites for hydroxylation is 1. The van der Waals surface area contributed by atoms with Crippen LogP contribution in [0.3, 0.4) is 0 Å². The summed E-state index contributed by atoms with van der Waals surface area (Å²) >= 11 is 0. The number of nitrogens with one attached hydrogen (secondary N) is 3. The number of ether oxygens (including phenoxy) is 1. The molecule has 0 saturated carbocycles. The Morgan fingerprint density at radius 3 is 2.56 bits per heavy atom. The summed E-state index contributed by atoms with van der Waals surface area (Å²) in [6, 6.07) is 17.6. The van der Waals surface area contributed by atoms with E-state index in [2.05, 4.69) is 20.2 Å². The number of H-pyrrole nitrogens is 1. The number of aromatic amines is 1. The van der Waals surface area contributed by atoms with Crippen molar-refractivity contribution in [1.29, 1.82) is 0 Å². The number of methoxy groups -OCH3 is 1. The molecule has 0 atom stereocenters. The molecule has 0 amide bonds. The van der Waals surface area contributed by atoms with E-state index in [4.69, 9.17) is 4.74 Å². The van der Waals surface area contributed by atoms with Gasteiger partial charge >= 0.3 is 0 Å². The van der Waals surface area contributed by atoms with Crippen molar-refractivity contribution in [2.75, 3.05) is 17.3 Å². The summed E-state index contributed by atoms with van der Waals surface area (Å²) in [5, 5.41) is 16.5. The zero-order chi connectivity index (χ0) is 24.3. The minimum atomic E-state index is -4.24. The number of rotatable bonds is 8. The van der Waals surface area contributed by atoms with Gasteiger partial charge in [0, 0.05) is 34.3 Å². The maximum atomic E-state index is 13.2. The van der Waals surface area contributed by atoms with E-state index in [9.17, 15) is 18.5 Å². The largest absolute Gasteiger partial charge is 0.495 e. The Labute approximate surface area is 195 Å². The molecule has 174 valence electrons. The molecule has 10 nitrogen and oxygen atoms in total. The van der Waals surface area contributed by atoms with Crippen molar-refractivity contribution in [2.24, 2.45) is 5.10 Å². The average Bonchev–Trinajstić information content (AvgIpc) is 3.14. The van der Waals surface area contributed by atoms with Crippen LogP contribution in [-0.4, -0.2) is 31.6 Å². The smallest absolute Gasteiger partial charge is 0.270 e. The molecule has 0 saturated heterocycles. The summed E-state index contributed by atoms with van der Waals surface area (Å²) in [5.41, 5.74) is 5.28. The van der Waals surface area contributed by atoms with Gasteiger partial charge in [-0.05, 0) is 31.2 Å². The number of nitrogens with zero attached hydrogens (tertiary/aromatic N) is 2. The van der Waals surface area contributed by atoms with Crippen LogP contribution in [0.2, 0.25) is 0 Å². The van der Waals surface area contributed by atoms with Crippen molar-refractivity contribution in [3.63, 3.8) is 0 Å². The Morgan fingerprint density at radius 1 is 1.06 bits per heavy atom. The second kappa shape index (κ2) is 9.24.